The SMILES string of the molecule is C=C(C)C1CCC(C)=C[C@H]1c1c(O)cc(O)c(C2C=C(C)CCC2)c1Br. The lowest BCUT2D eigenvalue weighted by atomic mass is 9.73. The molecule has 1 aromatic rings. The number of phenols is 2. The Bertz CT molecular complexity index is 788. The molecule has 0 saturated carbocycles. The highest BCUT2D eigenvalue weighted by atomic mass is 79.9. The Morgan fingerprint density at radius 1 is 1.04 bits per heavy atom. The Morgan fingerprint density at radius 2 is 1.69 bits per heavy atom. The average Bonchev–Trinajstić information content (AvgIpc) is 2.54. The van der Waals surface area contributed by atoms with Gasteiger partial charge in [-0.05, 0) is 74.7 Å². The second-order valence-corrected chi connectivity index (χ2v) is 8.89. The van der Waals surface area contributed by atoms with Crippen molar-refractivity contribution in [1.82, 2.24) is 0 Å². The standard InChI is InChI=1S/C23H29BrO2/c1-13(2)17-9-8-15(4)11-18(17)22-20(26)12-19(25)21(23(22)24)16-7-5-6-14(3)10-16/h10-12,16-18,25-26H,1,5-9H2,2-4H3/t16?,17?,18-/m1/s1. The number of hydrogen-bond donors (Lipinski definition) is 2. The largest absolute Gasteiger partial charge is 0.507 e. The van der Waals surface area contributed by atoms with E-state index >= 15 is 0 Å². The third kappa shape index (κ3) is 3.64. The fraction of sp³-hybridized carbons (Fsp3) is 0.478. The van der Waals surface area contributed by atoms with E-state index in [1.807, 2.05) is 0 Å². The molecule has 3 atom stereocenters. The number of allylic oxidation sites excluding steroid dienone is 5. The van der Waals surface area contributed by atoms with Crippen LogP contribution in [0.15, 0.2) is 46.0 Å². The Hall–Kier alpha value is -1.48. The van der Waals surface area contributed by atoms with Gasteiger partial charge in [0.2, 0.25) is 0 Å². The van der Waals surface area contributed by atoms with Crippen molar-refractivity contribution in [2.45, 2.75) is 64.7 Å². The van der Waals surface area contributed by atoms with Crippen LogP contribution in [-0.2, 0) is 0 Å². The summed E-state index contributed by atoms with van der Waals surface area (Å²) in [5.41, 5.74) is 5.67. The molecular weight excluding hydrogens is 388 g/mol. The highest BCUT2D eigenvalue weighted by Crippen LogP contribution is 2.51. The number of phenolic OH excluding ortho intramolecular Hbond substituents is 2. The smallest absolute Gasteiger partial charge is 0.124 e. The molecule has 0 heterocycles. The molecule has 0 amide bonds. The minimum atomic E-state index is 0.0867. The third-order valence-corrected chi connectivity index (χ3v) is 6.81. The van der Waals surface area contributed by atoms with Crippen molar-refractivity contribution in [2.24, 2.45) is 5.92 Å². The summed E-state index contributed by atoms with van der Waals surface area (Å²) in [6.07, 6.45) is 9.94. The van der Waals surface area contributed by atoms with Crippen molar-refractivity contribution in [1.29, 1.82) is 0 Å². The number of halogens is 1. The molecule has 0 fully saturated rings. The molecule has 0 bridgehead atoms. The minimum absolute atomic E-state index is 0.0867. The molecule has 0 saturated heterocycles. The Kier molecular flexibility index (Phi) is 5.67. The maximum atomic E-state index is 10.7. The number of benzene rings is 1. The van der Waals surface area contributed by atoms with Gasteiger partial charge in [-0.1, -0.05) is 35.5 Å². The first-order valence-corrected chi connectivity index (χ1v) is 10.3. The van der Waals surface area contributed by atoms with E-state index in [1.165, 1.54) is 17.2 Å². The monoisotopic (exact) mass is 416 g/mol. The molecule has 2 N–H and O–H groups in total. The average molecular weight is 417 g/mol. The van der Waals surface area contributed by atoms with Gasteiger partial charge in [0.25, 0.3) is 0 Å². The topological polar surface area (TPSA) is 40.5 Å². The Morgan fingerprint density at radius 3 is 2.35 bits per heavy atom. The van der Waals surface area contributed by atoms with Crippen molar-refractivity contribution >= 4 is 15.9 Å². The van der Waals surface area contributed by atoms with Crippen molar-refractivity contribution in [2.75, 3.05) is 0 Å². The van der Waals surface area contributed by atoms with E-state index in [4.69, 9.17) is 0 Å². The van der Waals surface area contributed by atoms with Crippen LogP contribution in [0.2, 0.25) is 0 Å². The quantitative estimate of drug-likeness (QED) is 0.516. The van der Waals surface area contributed by atoms with Crippen LogP contribution in [-0.4, -0.2) is 10.2 Å². The zero-order valence-corrected chi connectivity index (χ0v) is 17.6. The molecule has 0 aromatic heterocycles. The van der Waals surface area contributed by atoms with Crippen LogP contribution in [0.3, 0.4) is 0 Å². The summed E-state index contributed by atoms with van der Waals surface area (Å²) in [6, 6.07) is 1.53. The van der Waals surface area contributed by atoms with Crippen molar-refractivity contribution < 1.29 is 10.2 Å². The summed E-state index contributed by atoms with van der Waals surface area (Å²) in [5, 5.41) is 21.3. The van der Waals surface area contributed by atoms with Gasteiger partial charge in [0.1, 0.15) is 11.5 Å². The molecule has 2 unspecified atom stereocenters. The van der Waals surface area contributed by atoms with E-state index in [0.717, 1.165) is 53.3 Å². The zero-order valence-electron chi connectivity index (χ0n) is 16.0. The number of aromatic hydroxyl groups is 2. The first-order chi connectivity index (χ1) is 12.3. The lowest BCUT2D eigenvalue weighted by Crippen LogP contribution is -2.18. The molecule has 26 heavy (non-hydrogen) atoms. The normalized spacial score (nSPS) is 26.2. The van der Waals surface area contributed by atoms with Gasteiger partial charge in [0, 0.05) is 33.5 Å². The summed E-state index contributed by atoms with van der Waals surface area (Å²) >= 11 is 3.76. The predicted octanol–water partition coefficient (Wildman–Crippen LogP) is 7.09. The van der Waals surface area contributed by atoms with Gasteiger partial charge in [0.05, 0.1) is 0 Å². The molecule has 1 aromatic carbocycles. The first kappa shape index (κ1) is 19.3. The Labute approximate surface area is 165 Å². The molecule has 3 heteroatoms. The lowest BCUT2D eigenvalue weighted by Gasteiger charge is -2.33. The Balaban J connectivity index is 2.16. The van der Waals surface area contributed by atoms with Gasteiger partial charge in [0.15, 0.2) is 0 Å². The molecule has 2 nitrogen and oxygen atoms in total. The highest BCUT2D eigenvalue weighted by molar-refractivity contribution is 9.10. The van der Waals surface area contributed by atoms with Gasteiger partial charge < -0.3 is 10.2 Å². The second-order valence-electron chi connectivity index (χ2n) is 8.10. The van der Waals surface area contributed by atoms with E-state index in [-0.39, 0.29) is 23.3 Å². The third-order valence-electron chi connectivity index (χ3n) is 5.95. The molecule has 140 valence electrons. The van der Waals surface area contributed by atoms with Crippen molar-refractivity contribution in [3.8, 4) is 11.5 Å². The van der Waals surface area contributed by atoms with E-state index in [2.05, 4.69) is 55.4 Å². The fourth-order valence-corrected chi connectivity index (χ4v) is 5.53. The van der Waals surface area contributed by atoms with Crippen LogP contribution >= 0.6 is 15.9 Å². The van der Waals surface area contributed by atoms with Gasteiger partial charge in [-0.3, -0.25) is 0 Å². The first-order valence-electron chi connectivity index (χ1n) is 9.53. The van der Waals surface area contributed by atoms with E-state index in [0.29, 0.717) is 5.92 Å². The van der Waals surface area contributed by atoms with Crippen molar-refractivity contribution in [3.63, 3.8) is 0 Å². The van der Waals surface area contributed by atoms with Gasteiger partial charge >= 0.3 is 0 Å². The number of hydrogen-bond acceptors (Lipinski definition) is 2. The second kappa shape index (κ2) is 7.64. The summed E-state index contributed by atoms with van der Waals surface area (Å²) < 4.78 is 0.855. The maximum absolute atomic E-state index is 10.7. The molecule has 0 radical (unpaired) electrons. The molecular formula is C23H29BrO2. The molecule has 3 rings (SSSR count). The van der Waals surface area contributed by atoms with Crippen LogP contribution in [0.5, 0.6) is 11.5 Å². The molecule has 2 aliphatic carbocycles. The van der Waals surface area contributed by atoms with Crippen LogP contribution in [0, 0.1) is 5.92 Å². The summed E-state index contributed by atoms with van der Waals surface area (Å²) in [7, 11) is 0. The van der Waals surface area contributed by atoms with Crippen molar-refractivity contribution in [3.05, 3.63) is 57.1 Å². The summed E-state index contributed by atoms with van der Waals surface area (Å²) in [6.45, 7) is 10.6. The lowest BCUT2D eigenvalue weighted by molar-refractivity contribution is 0.419. The van der Waals surface area contributed by atoms with Gasteiger partial charge in [-0.2, -0.15) is 0 Å². The fourth-order valence-electron chi connectivity index (χ4n) is 4.57. The zero-order chi connectivity index (χ0) is 19.0. The molecule has 2 aliphatic rings. The summed E-state index contributed by atoms with van der Waals surface area (Å²) in [4.78, 5) is 0. The van der Waals surface area contributed by atoms with Crippen LogP contribution in [0.1, 0.15) is 75.8 Å². The van der Waals surface area contributed by atoms with Crippen LogP contribution < -0.4 is 0 Å². The number of rotatable bonds is 3. The van der Waals surface area contributed by atoms with Gasteiger partial charge in [-0.25, -0.2) is 0 Å². The van der Waals surface area contributed by atoms with E-state index in [9.17, 15) is 10.2 Å². The highest BCUT2D eigenvalue weighted by Gasteiger charge is 2.32. The van der Waals surface area contributed by atoms with Crippen LogP contribution in [0.4, 0.5) is 0 Å². The van der Waals surface area contributed by atoms with E-state index in [1.54, 1.807) is 0 Å². The summed E-state index contributed by atoms with van der Waals surface area (Å²) in [5.74, 6) is 0.925. The minimum Gasteiger partial charge on any atom is -0.507 e. The van der Waals surface area contributed by atoms with Crippen LogP contribution in [0.25, 0.3) is 0 Å². The predicted molar refractivity (Wildman–Crippen MR) is 112 cm³/mol. The van der Waals surface area contributed by atoms with Gasteiger partial charge in [-0.15, -0.1) is 0 Å². The van der Waals surface area contributed by atoms with E-state index < -0.39 is 0 Å². The molecule has 0 aliphatic heterocycles. The molecule has 0 spiro atoms. The maximum Gasteiger partial charge on any atom is 0.124 e.